The number of carbonyl (C=O) groups is 4. The van der Waals surface area contributed by atoms with Gasteiger partial charge in [0.15, 0.2) is 0 Å². The van der Waals surface area contributed by atoms with Gasteiger partial charge >= 0.3 is 24.6 Å². The van der Waals surface area contributed by atoms with Crippen molar-refractivity contribution in [2.75, 3.05) is 73.7 Å². The molecule has 0 spiro atoms. The third kappa shape index (κ3) is 18.6. The highest BCUT2D eigenvalue weighted by Crippen LogP contribution is 2.16. The van der Waals surface area contributed by atoms with Crippen molar-refractivity contribution >= 4 is 24.6 Å². The molecular weight excluding hydrogens is 464 g/mol. The lowest BCUT2D eigenvalue weighted by Crippen LogP contribution is -2.29. The van der Waals surface area contributed by atoms with Crippen molar-refractivity contribution in [3.8, 4) is 0 Å². The van der Waals surface area contributed by atoms with E-state index in [1.807, 2.05) is 0 Å². The Morgan fingerprint density at radius 2 is 1.06 bits per heavy atom. The SMILES string of the molecule is COC(=O)OCC(C)OC(=O)OCCOCCOCCOC(=O)OCC(C)(C)COC(=O)OC. The van der Waals surface area contributed by atoms with Crippen molar-refractivity contribution < 1.29 is 66.5 Å². The topological polar surface area (TPSA) is 161 Å². The third-order valence-electron chi connectivity index (χ3n) is 3.50. The zero-order valence-electron chi connectivity index (χ0n) is 20.2. The summed E-state index contributed by atoms with van der Waals surface area (Å²) in [6.07, 6.45) is -4.20. The Morgan fingerprint density at radius 1 is 0.618 bits per heavy atom. The van der Waals surface area contributed by atoms with Gasteiger partial charge in [-0.05, 0) is 6.92 Å². The summed E-state index contributed by atoms with van der Waals surface area (Å²) < 4.78 is 48.0. The highest BCUT2D eigenvalue weighted by Gasteiger charge is 2.23. The van der Waals surface area contributed by atoms with Crippen molar-refractivity contribution in [2.45, 2.75) is 26.9 Å². The van der Waals surface area contributed by atoms with Crippen LogP contribution in [0.4, 0.5) is 19.2 Å². The summed E-state index contributed by atoms with van der Waals surface area (Å²) in [5.41, 5.74) is -0.612. The Balaban J connectivity index is 3.59. The molecule has 0 saturated carbocycles. The van der Waals surface area contributed by atoms with E-state index in [9.17, 15) is 19.2 Å². The molecule has 0 bridgehead atoms. The fraction of sp³-hybridized carbons (Fsp3) is 0.800. The third-order valence-corrected chi connectivity index (χ3v) is 3.50. The molecular formula is C20H34O14. The van der Waals surface area contributed by atoms with E-state index >= 15 is 0 Å². The Labute approximate surface area is 197 Å². The molecule has 0 heterocycles. The highest BCUT2D eigenvalue weighted by molar-refractivity contribution is 5.61. The monoisotopic (exact) mass is 498 g/mol. The maximum Gasteiger partial charge on any atom is 0.508 e. The average molecular weight is 498 g/mol. The predicted molar refractivity (Wildman–Crippen MR) is 111 cm³/mol. The molecule has 14 heteroatoms. The Morgan fingerprint density at radius 3 is 1.59 bits per heavy atom. The first kappa shape index (κ1) is 31.0. The van der Waals surface area contributed by atoms with Crippen LogP contribution in [0.25, 0.3) is 0 Å². The lowest BCUT2D eigenvalue weighted by atomic mass is 9.96. The van der Waals surface area contributed by atoms with Crippen LogP contribution in [0.5, 0.6) is 0 Å². The molecule has 0 N–H and O–H groups in total. The number of rotatable bonds is 16. The van der Waals surface area contributed by atoms with Crippen LogP contribution in [-0.4, -0.2) is 104 Å². The lowest BCUT2D eigenvalue weighted by Gasteiger charge is -2.22. The molecule has 34 heavy (non-hydrogen) atoms. The number of methoxy groups -OCH3 is 2. The van der Waals surface area contributed by atoms with E-state index in [1.54, 1.807) is 13.8 Å². The smallest absolute Gasteiger partial charge is 0.438 e. The fourth-order valence-electron chi connectivity index (χ4n) is 1.82. The van der Waals surface area contributed by atoms with Crippen molar-refractivity contribution in [2.24, 2.45) is 5.41 Å². The first-order chi connectivity index (χ1) is 16.1. The Bertz CT molecular complexity index is 606. The van der Waals surface area contributed by atoms with Crippen molar-refractivity contribution in [1.29, 1.82) is 0 Å². The molecule has 0 rings (SSSR count). The van der Waals surface area contributed by atoms with E-state index in [2.05, 4.69) is 14.2 Å². The van der Waals surface area contributed by atoms with E-state index in [0.29, 0.717) is 0 Å². The number of carbonyl (C=O) groups excluding carboxylic acids is 4. The van der Waals surface area contributed by atoms with E-state index in [0.717, 1.165) is 7.11 Å². The molecule has 0 radical (unpaired) electrons. The maximum absolute atomic E-state index is 11.6. The lowest BCUT2D eigenvalue weighted by molar-refractivity contribution is -0.0254. The zero-order valence-corrected chi connectivity index (χ0v) is 20.2. The molecule has 0 aromatic carbocycles. The number of hydrogen-bond donors (Lipinski definition) is 0. The van der Waals surface area contributed by atoms with Gasteiger partial charge in [-0.25, -0.2) is 19.2 Å². The van der Waals surface area contributed by atoms with Crippen LogP contribution in [0.2, 0.25) is 0 Å². The van der Waals surface area contributed by atoms with Crippen LogP contribution in [0, 0.1) is 5.41 Å². The standard InChI is InChI=1S/C20H34O14/c1-15(12-31-16(21)25-4)34-19(24)30-11-9-28-7-6-27-8-10-29-18(23)33-14-20(2,3)13-32-17(22)26-5/h15H,6-14H2,1-5H3. The highest BCUT2D eigenvalue weighted by atomic mass is 16.8. The van der Waals surface area contributed by atoms with Gasteiger partial charge in [0.2, 0.25) is 0 Å². The molecule has 0 aliphatic heterocycles. The molecule has 0 aromatic heterocycles. The van der Waals surface area contributed by atoms with Gasteiger partial charge in [-0.15, -0.1) is 0 Å². The van der Waals surface area contributed by atoms with Gasteiger partial charge < -0.3 is 47.4 Å². The van der Waals surface area contributed by atoms with Crippen LogP contribution < -0.4 is 0 Å². The molecule has 0 amide bonds. The summed E-state index contributed by atoms with van der Waals surface area (Å²) in [5, 5.41) is 0. The molecule has 198 valence electrons. The minimum Gasteiger partial charge on any atom is -0.438 e. The fourth-order valence-corrected chi connectivity index (χ4v) is 1.82. The van der Waals surface area contributed by atoms with Gasteiger partial charge in [0.05, 0.1) is 40.6 Å². The molecule has 0 fully saturated rings. The zero-order chi connectivity index (χ0) is 25.8. The van der Waals surface area contributed by atoms with Crippen LogP contribution in [0.3, 0.4) is 0 Å². The Hall–Kier alpha value is -3.00. The van der Waals surface area contributed by atoms with Gasteiger partial charge in [0.25, 0.3) is 0 Å². The second kappa shape index (κ2) is 18.4. The molecule has 1 unspecified atom stereocenters. The summed E-state index contributed by atoms with van der Waals surface area (Å²) in [6, 6.07) is 0. The van der Waals surface area contributed by atoms with E-state index in [4.69, 9.17) is 33.2 Å². The van der Waals surface area contributed by atoms with E-state index in [1.165, 1.54) is 14.0 Å². The van der Waals surface area contributed by atoms with Crippen LogP contribution in [0.15, 0.2) is 0 Å². The Kier molecular flexibility index (Phi) is 16.8. The number of ether oxygens (including phenoxy) is 10. The van der Waals surface area contributed by atoms with E-state index < -0.39 is 36.1 Å². The predicted octanol–water partition coefficient (Wildman–Crippen LogP) is 2.31. The normalized spacial score (nSPS) is 11.6. The molecule has 0 aromatic rings. The summed E-state index contributed by atoms with van der Waals surface area (Å²) in [6.45, 7) is 5.44. The first-order valence-electron chi connectivity index (χ1n) is 10.3. The van der Waals surface area contributed by atoms with Gasteiger partial charge in [0.1, 0.15) is 39.1 Å². The minimum absolute atomic E-state index is 0.00736. The van der Waals surface area contributed by atoms with Crippen molar-refractivity contribution in [1.82, 2.24) is 0 Å². The molecule has 0 aliphatic rings. The molecule has 0 aliphatic carbocycles. The maximum atomic E-state index is 11.6. The molecule has 0 saturated heterocycles. The quantitative estimate of drug-likeness (QED) is 0.173. The number of hydrogen-bond acceptors (Lipinski definition) is 14. The second-order valence-electron chi connectivity index (χ2n) is 7.31. The summed E-state index contributed by atoms with van der Waals surface area (Å²) in [5.74, 6) is 0. The summed E-state index contributed by atoms with van der Waals surface area (Å²) in [4.78, 5) is 44.8. The van der Waals surface area contributed by atoms with Gasteiger partial charge in [-0.2, -0.15) is 0 Å². The van der Waals surface area contributed by atoms with Crippen molar-refractivity contribution in [3.63, 3.8) is 0 Å². The molecule has 14 nitrogen and oxygen atoms in total. The largest absolute Gasteiger partial charge is 0.508 e. The van der Waals surface area contributed by atoms with Crippen LogP contribution in [-0.2, 0) is 47.4 Å². The van der Waals surface area contributed by atoms with Crippen LogP contribution in [0.1, 0.15) is 20.8 Å². The van der Waals surface area contributed by atoms with Gasteiger partial charge in [-0.3, -0.25) is 0 Å². The van der Waals surface area contributed by atoms with Crippen molar-refractivity contribution in [3.05, 3.63) is 0 Å². The van der Waals surface area contributed by atoms with Gasteiger partial charge in [-0.1, -0.05) is 13.8 Å². The first-order valence-corrected chi connectivity index (χ1v) is 10.3. The summed E-state index contributed by atoms with van der Waals surface area (Å²) in [7, 11) is 2.36. The van der Waals surface area contributed by atoms with Crippen LogP contribution >= 0.6 is 0 Å². The van der Waals surface area contributed by atoms with Gasteiger partial charge in [0, 0.05) is 5.41 Å². The minimum atomic E-state index is -0.927. The molecule has 1 atom stereocenters. The summed E-state index contributed by atoms with van der Waals surface area (Å²) >= 11 is 0. The van der Waals surface area contributed by atoms with E-state index in [-0.39, 0.29) is 59.5 Å². The second-order valence-corrected chi connectivity index (χ2v) is 7.31. The average Bonchev–Trinajstić information content (AvgIpc) is 2.80.